The molecule has 2 rings (SSSR count). The molecule has 2 amide bonds. The first-order valence-electron chi connectivity index (χ1n) is 7.39. The van der Waals surface area contributed by atoms with Gasteiger partial charge in [0.2, 0.25) is 0 Å². The lowest BCUT2D eigenvalue weighted by Gasteiger charge is -2.11. The van der Waals surface area contributed by atoms with Gasteiger partial charge in [0, 0.05) is 10.0 Å². The summed E-state index contributed by atoms with van der Waals surface area (Å²) in [5.74, 6) is -0.0486. The number of rotatable bonds is 6. The minimum atomic E-state index is -0.525. The molecule has 2 aromatic carbocycles. The molecular weight excluding hydrogens is 447 g/mol. The van der Waals surface area contributed by atoms with Crippen molar-refractivity contribution in [1.29, 1.82) is 0 Å². The second-order valence-electron chi connectivity index (χ2n) is 5.16. The molecule has 0 aliphatic heterocycles. The summed E-state index contributed by atoms with van der Waals surface area (Å²) >= 11 is 15.0. The Bertz CT molecular complexity index is 750. The lowest BCUT2D eigenvalue weighted by atomic mass is 10.2. The highest BCUT2D eigenvalue weighted by atomic mass is 79.9. The van der Waals surface area contributed by atoms with E-state index in [1.807, 2.05) is 6.92 Å². The average Bonchev–Trinajstić information content (AvgIpc) is 2.58. The Morgan fingerprint density at radius 1 is 0.923 bits per heavy atom. The Labute approximate surface area is 168 Å². The summed E-state index contributed by atoms with van der Waals surface area (Å²) in [6, 6.07) is 9.96. The van der Waals surface area contributed by atoms with Crippen molar-refractivity contribution in [2.45, 2.75) is 6.92 Å². The van der Waals surface area contributed by atoms with Gasteiger partial charge in [-0.25, -0.2) is 0 Å². The van der Waals surface area contributed by atoms with Crippen molar-refractivity contribution in [3.05, 3.63) is 56.5 Å². The van der Waals surface area contributed by atoms with Gasteiger partial charge in [-0.2, -0.15) is 0 Å². The van der Waals surface area contributed by atoms with Crippen molar-refractivity contribution < 1.29 is 19.1 Å². The van der Waals surface area contributed by atoms with E-state index < -0.39 is 11.8 Å². The summed E-state index contributed by atoms with van der Waals surface area (Å²) in [7, 11) is 0. The SMILES string of the molecule is Cc1cc(Cl)ccc1OCC(=O)NNC(=O)COc1ccc(Cl)cc1Br. The van der Waals surface area contributed by atoms with Crippen LogP contribution in [0, 0.1) is 6.92 Å². The van der Waals surface area contributed by atoms with Crippen LogP contribution < -0.4 is 20.3 Å². The maximum absolute atomic E-state index is 11.7. The molecule has 0 aromatic heterocycles. The number of amides is 2. The Kier molecular flexibility index (Phi) is 7.56. The summed E-state index contributed by atoms with van der Waals surface area (Å²) in [5.41, 5.74) is 5.28. The fraction of sp³-hybridized carbons (Fsp3) is 0.176. The van der Waals surface area contributed by atoms with Gasteiger partial charge in [0.25, 0.3) is 11.8 Å². The molecule has 0 atom stereocenters. The first-order chi connectivity index (χ1) is 12.3. The van der Waals surface area contributed by atoms with Gasteiger partial charge in [0.15, 0.2) is 13.2 Å². The molecule has 0 heterocycles. The number of benzene rings is 2. The van der Waals surface area contributed by atoms with Gasteiger partial charge in [0.05, 0.1) is 4.47 Å². The first-order valence-corrected chi connectivity index (χ1v) is 8.94. The molecule has 0 spiro atoms. The Balaban J connectivity index is 1.72. The van der Waals surface area contributed by atoms with E-state index in [9.17, 15) is 9.59 Å². The van der Waals surface area contributed by atoms with Gasteiger partial charge in [0.1, 0.15) is 11.5 Å². The second kappa shape index (κ2) is 9.66. The maximum atomic E-state index is 11.7. The van der Waals surface area contributed by atoms with Gasteiger partial charge < -0.3 is 9.47 Å². The third kappa shape index (κ3) is 6.40. The standard InChI is InChI=1S/C17H15BrCl2N2O4/c1-10-6-11(19)2-4-14(10)25-8-16(23)21-22-17(24)9-26-15-5-3-12(20)7-13(15)18/h2-7H,8-9H2,1H3,(H,21,23)(H,22,24). The van der Waals surface area contributed by atoms with E-state index >= 15 is 0 Å². The quantitative estimate of drug-likeness (QED) is 0.643. The normalized spacial score (nSPS) is 10.2. The number of hydrazine groups is 1. The van der Waals surface area contributed by atoms with Crippen LogP contribution in [0.1, 0.15) is 5.56 Å². The van der Waals surface area contributed by atoms with Crippen molar-refractivity contribution in [3.63, 3.8) is 0 Å². The number of ether oxygens (including phenoxy) is 2. The van der Waals surface area contributed by atoms with E-state index in [1.165, 1.54) is 0 Å². The van der Waals surface area contributed by atoms with Crippen LogP contribution in [0.15, 0.2) is 40.9 Å². The number of hydrogen-bond acceptors (Lipinski definition) is 4. The molecule has 138 valence electrons. The molecule has 0 saturated carbocycles. The van der Waals surface area contributed by atoms with Crippen LogP contribution >= 0.6 is 39.1 Å². The lowest BCUT2D eigenvalue weighted by molar-refractivity contribution is -0.131. The smallest absolute Gasteiger partial charge is 0.276 e. The molecule has 6 nitrogen and oxygen atoms in total. The topological polar surface area (TPSA) is 76.7 Å². The number of hydrogen-bond donors (Lipinski definition) is 2. The molecule has 0 bridgehead atoms. The molecule has 9 heteroatoms. The van der Waals surface area contributed by atoms with Crippen molar-refractivity contribution >= 4 is 50.9 Å². The van der Waals surface area contributed by atoms with Crippen LogP contribution in [-0.4, -0.2) is 25.0 Å². The van der Waals surface area contributed by atoms with Crippen LogP contribution in [0.25, 0.3) is 0 Å². The number of halogens is 3. The fourth-order valence-electron chi connectivity index (χ4n) is 1.87. The fourth-order valence-corrected chi connectivity index (χ4v) is 2.89. The maximum Gasteiger partial charge on any atom is 0.276 e. The molecule has 0 aliphatic carbocycles. The molecule has 0 aliphatic rings. The molecular formula is C17H15BrCl2N2O4. The summed E-state index contributed by atoms with van der Waals surface area (Å²) in [6.07, 6.45) is 0. The molecule has 0 saturated heterocycles. The summed E-state index contributed by atoms with van der Waals surface area (Å²) in [4.78, 5) is 23.4. The largest absolute Gasteiger partial charge is 0.483 e. The van der Waals surface area contributed by atoms with E-state index in [2.05, 4.69) is 26.8 Å². The monoisotopic (exact) mass is 460 g/mol. The van der Waals surface area contributed by atoms with Gasteiger partial charge in [-0.3, -0.25) is 20.4 Å². The van der Waals surface area contributed by atoms with Gasteiger partial charge in [-0.1, -0.05) is 23.2 Å². The molecule has 0 unspecified atom stereocenters. The third-order valence-corrected chi connectivity index (χ3v) is 4.18. The number of aryl methyl sites for hydroxylation is 1. The second-order valence-corrected chi connectivity index (χ2v) is 6.89. The van der Waals surface area contributed by atoms with Gasteiger partial charge in [-0.05, 0) is 64.8 Å². The van der Waals surface area contributed by atoms with Crippen LogP contribution in [-0.2, 0) is 9.59 Å². The van der Waals surface area contributed by atoms with Crippen molar-refractivity contribution in [2.24, 2.45) is 0 Å². The van der Waals surface area contributed by atoms with E-state index in [4.69, 9.17) is 32.7 Å². The number of carbonyl (C=O) groups is 2. The van der Waals surface area contributed by atoms with Crippen LogP contribution in [0.2, 0.25) is 10.0 Å². The molecule has 0 fully saturated rings. The third-order valence-electron chi connectivity index (χ3n) is 3.09. The van der Waals surface area contributed by atoms with Gasteiger partial charge in [-0.15, -0.1) is 0 Å². The van der Waals surface area contributed by atoms with E-state index in [1.54, 1.807) is 36.4 Å². The zero-order chi connectivity index (χ0) is 19.1. The predicted molar refractivity (Wildman–Crippen MR) is 103 cm³/mol. The Morgan fingerprint density at radius 3 is 1.96 bits per heavy atom. The van der Waals surface area contributed by atoms with Crippen LogP contribution in [0.4, 0.5) is 0 Å². The molecule has 0 radical (unpaired) electrons. The van der Waals surface area contributed by atoms with Gasteiger partial charge >= 0.3 is 0 Å². The highest BCUT2D eigenvalue weighted by Crippen LogP contribution is 2.27. The minimum absolute atomic E-state index is 0.258. The van der Waals surface area contributed by atoms with Crippen molar-refractivity contribution in [2.75, 3.05) is 13.2 Å². The Morgan fingerprint density at radius 2 is 1.42 bits per heavy atom. The summed E-state index contributed by atoms with van der Waals surface area (Å²) < 4.78 is 11.3. The highest BCUT2D eigenvalue weighted by Gasteiger charge is 2.09. The zero-order valence-electron chi connectivity index (χ0n) is 13.6. The van der Waals surface area contributed by atoms with E-state index in [0.29, 0.717) is 26.0 Å². The molecule has 2 N–H and O–H groups in total. The zero-order valence-corrected chi connectivity index (χ0v) is 16.7. The lowest BCUT2D eigenvalue weighted by Crippen LogP contribution is -2.45. The number of nitrogens with one attached hydrogen (secondary N) is 2. The van der Waals surface area contributed by atoms with E-state index in [-0.39, 0.29) is 13.2 Å². The summed E-state index contributed by atoms with van der Waals surface area (Å²) in [5, 5.41) is 1.12. The minimum Gasteiger partial charge on any atom is -0.483 e. The van der Waals surface area contributed by atoms with Crippen LogP contribution in [0.5, 0.6) is 11.5 Å². The van der Waals surface area contributed by atoms with Crippen molar-refractivity contribution in [3.8, 4) is 11.5 Å². The van der Waals surface area contributed by atoms with Crippen LogP contribution in [0.3, 0.4) is 0 Å². The molecule has 26 heavy (non-hydrogen) atoms. The summed E-state index contributed by atoms with van der Waals surface area (Å²) in [6.45, 7) is 1.27. The Hall–Kier alpha value is -1.96. The first kappa shape index (κ1) is 20.4. The predicted octanol–water partition coefficient (Wildman–Crippen LogP) is 3.67. The average molecular weight is 462 g/mol. The van der Waals surface area contributed by atoms with Crippen molar-refractivity contribution in [1.82, 2.24) is 10.9 Å². The highest BCUT2D eigenvalue weighted by molar-refractivity contribution is 9.10. The molecule has 2 aromatic rings. The van der Waals surface area contributed by atoms with E-state index in [0.717, 1.165) is 5.56 Å². The number of carbonyl (C=O) groups excluding carboxylic acids is 2.